The molecule has 4 aromatic carbocycles. The summed E-state index contributed by atoms with van der Waals surface area (Å²) in [5, 5.41) is 24.4. The first-order chi connectivity index (χ1) is 23.5. The molecule has 48 heavy (non-hydrogen) atoms. The van der Waals surface area contributed by atoms with Crippen molar-refractivity contribution in [3.05, 3.63) is 141 Å². The summed E-state index contributed by atoms with van der Waals surface area (Å²) in [6.07, 6.45) is 0. The second-order valence-corrected chi connectivity index (χ2v) is 14.0. The molecule has 240 valence electrons. The summed E-state index contributed by atoms with van der Waals surface area (Å²) in [6.45, 7) is 2.57. The fourth-order valence-electron chi connectivity index (χ4n) is 5.62. The van der Waals surface area contributed by atoms with E-state index in [0.29, 0.717) is 45.2 Å². The standard InChI is InChI=1S/C37H29N3O5S3/c1-2-44-29-20-25(17-18-28(29)45-21-23-10-4-3-5-11-23)32-31(33(41)30-16-9-19-46-30)34(42)35(43)40(32)36-38-39-37(48-36)47-22-26-14-8-13-24-12-6-7-15-27(24)26/h3-20,32,42H,2,21-22H2,1H3. The number of Topliss-reactive ketones (excluding diaryl/α,β-unsaturated/α-hetero) is 1. The van der Waals surface area contributed by atoms with Crippen LogP contribution in [0, 0.1) is 0 Å². The number of nitrogens with zero attached hydrogens (tertiary/aromatic N) is 3. The van der Waals surface area contributed by atoms with Crippen LogP contribution < -0.4 is 14.4 Å². The molecule has 8 nitrogen and oxygen atoms in total. The molecule has 1 amide bonds. The van der Waals surface area contributed by atoms with E-state index < -0.39 is 23.5 Å². The highest BCUT2D eigenvalue weighted by Gasteiger charge is 2.46. The van der Waals surface area contributed by atoms with Crippen molar-refractivity contribution in [2.24, 2.45) is 0 Å². The average molecular weight is 692 g/mol. The van der Waals surface area contributed by atoms with Gasteiger partial charge in [-0.05, 0) is 58.0 Å². The molecular weight excluding hydrogens is 663 g/mol. The Kier molecular flexibility index (Phi) is 9.24. The minimum Gasteiger partial charge on any atom is -0.503 e. The molecule has 1 atom stereocenters. The van der Waals surface area contributed by atoms with Crippen molar-refractivity contribution in [2.45, 2.75) is 29.7 Å². The second-order valence-electron chi connectivity index (χ2n) is 10.8. The van der Waals surface area contributed by atoms with Gasteiger partial charge in [0.1, 0.15) is 6.61 Å². The average Bonchev–Trinajstić information content (AvgIpc) is 3.88. The molecule has 1 aliphatic heterocycles. The van der Waals surface area contributed by atoms with Crippen LogP contribution in [0.3, 0.4) is 0 Å². The zero-order chi connectivity index (χ0) is 33.0. The Morgan fingerprint density at radius 1 is 0.917 bits per heavy atom. The number of aromatic nitrogens is 2. The number of ether oxygens (including phenoxy) is 2. The Labute approximate surface area is 289 Å². The normalized spacial score (nSPS) is 14.6. The number of rotatable bonds is 12. The van der Waals surface area contributed by atoms with Crippen LogP contribution in [0.25, 0.3) is 10.8 Å². The van der Waals surface area contributed by atoms with Gasteiger partial charge < -0.3 is 14.6 Å². The molecule has 11 heteroatoms. The maximum atomic E-state index is 13.9. The summed E-state index contributed by atoms with van der Waals surface area (Å²) >= 11 is 4.00. The third-order valence-electron chi connectivity index (χ3n) is 7.85. The Hall–Kier alpha value is -4.97. The zero-order valence-electron chi connectivity index (χ0n) is 25.7. The summed E-state index contributed by atoms with van der Waals surface area (Å²) in [4.78, 5) is 29.4. The molecule has 1 N–H and O–H groups in total. The topological polar surface area (TPSA) is 102 Å². The van der Waals surface area contributed by atoms with Gasteiger partial charge in [0.15, 0.2) is 21.6 Å². The fourth-order valence-corrected chi connectivity index (χ4v) is 8.17. The molecule has 0 radical (unpaired) electrons. The van der Waals surface area contributed by atoms with Crippen molar-refractivity contribution in [3.63, 3.8) is 0 Å². The van der Waals surface area contributed by atoms with Crippen molar-refractivity contribution >= 4 is 62.0 Å². The molecule has 0 spiro atoms. The molecule has 1 aliphatic rings. The Bertz CT molecular complexity index is 2120. The highest BCUT2D eigenvalue weighted by Crippen LogP contribution is 2.46. The van der Waals surface area contributed by atoms with Crippen molar-refractivity contribution in [3.8, 4) is 11.5 Å². The van der Waals surface area contributed by atoms with E-state index >= 15 is 0 Å². The molecule has 0 saturated carbocycles. The van der Waals surface area contributed by atoms with Gasteiger partial charge in [-0.25, -0.2) is 0 Å². The Morgan fingerprint density at radius 2 is 1.73 bits per heavy atom. The number of aliphatic hydroxyl groups is 1. The van der Waals surface area contributed by atoms with Crippen LogP contribution in [0.5, 0.6) is 11.5 Å². The van der Waals surface area contributed by atoms with Gasteiger partial charge in [0.2, 0.25) is 10.9 Å². The largest absolute Gasteiger partial charge is 0.503 e. The van der Waals surface area contributed by atoms with E-state index in [4.69, 9.17) is 9.47 Å². The number of benzene rings is 4. The maximum Gasteiger partial charge on any atom is 0.296 e. The number of carbonyl (C=O) groups is 2. The lowest BCUT2D eigenvalue weighted by atomic mass is 9.95. The Morgan fingerprint density at radius 3 is 2.54 bits per heavy atom. The molecule has 2 aromatic heterocycles. The van der Waals surface area contributed by atoms with Crippen molar-refractivity contribution in [1.29, 1.82) is 0 Å². The summed E-state index contributed by atoms with van der Waals surface area (Å²) in [6, 6.07) is 32.0. The number of hydrogen-bond acceptors (Lipinski definition) is 10. The van der Waals surface area contributed by atoms with E-state index in [1.54, 1.807) is 35.7 Å². The predicted octanol–water partition coefficient (Wildman–Crippen LogP) is 8.81. The van der Waals surface area contributed by atoms with Crippen LogP contribution in [0.1, 0.15) is 39.3 Å². The van der Waals surface area contributed by atoms with E-state index in [0.717, 1.165) is 16.5 Å². The number of ketones is 1. The highest BCUT2D eigenvalue weighted by atomic mass is 32.2. The summed E-state index contributed by atoms with van der Waals surface area (Å²) in [7, 11) is 0. The van der Waals surface area contributed by atoms with Gasteiger partial charge in [0.05, 0.1) is 23.1 Å². The van der Waals surface area contributed by atoms with Crippen LogP contribution in [0.15, 0.2) is 124 Å². The molecule has 1 unspecified atom stereocenters. The number of aliphatic hydroxyl groups excluding tert-OH is 1. The predicted molar refractivity (Wildman–Crippen MR) is 190 cm³/mol. The van der Waals surface area contributed by atoms with Crippen molar-refractivity contribution < 1.29 is 24.2 Å². The van der Waals surface area contributed by atoms with Crippen LogP contribution in [0.4, 0.5) is 5.13 Å². The summed E-state index contributed by atoms with van der Waals surface area (Å²) in [5.41, 5.74) is 2.69. The maximum absolute atomic E-state index is 13.9. The smallest absolute Gasteiger partial charge is 0.296 e. The molecule has 0 aliphatic carbocycles. The first-order valence-electron chi connectivity index (χ1n) is 15.2. The van der Waals surface area contributed by atoms with Crippen LogP contribution in [0.2, 0.25) is 0 Å². The lowest BCUT2D eigenvalue weighted by Gasteiger charge is -2.25. The fraction of sp³-hybridized carbons (Fsp3) is 0.135. The molecule has 0 saturated heterocycles. The second kappa shape index (κ2) is 14.0. The van der Waals surface area contributed by atoms with Crippen LogP contribution >= 0.6 is 34.4 Å². The first kappa shape index (κ1) is 31.6. The van der Waals surface area contributed by atoms with Gasteiger partial charge in [-0.3, -0.25) is 14.5 Å². The molecule has 7 rings (SSSR count). The van der Waals surface area contributed by atoms with Gasteiger partial charge in [0.25, 0.3) is 5.91 Å². The van der Waals surface area contributed by atoms with E-state index in [2.05, 4.69) is 34.5 Å². The summed E-state index contributed by atoms with van der Waals surface area (Å²) in [5.74, 6) is -0.133. The minimum atomic E-state index is -0.974. The number of anilines is 1. The number of fused-ring (bicyclic) bond motifs is 1. The minimum absolute atomic E-state index is 0.0250. The monoisotopic (exact) mass is 691 g/mol. The van der Waals surface area contributed by atoms with Gasteiger partial charge in [0, 0.05) is 5.75 Å². The lowest BCUT2D eigenvalue weighted by molar-refractivity contribution is -0.117. The summed E-state index contributed by atoms with van der Waals surface area (Å²) < 4.78 is 12.8. The number of carbonyl (C=O) groups excluding carboxylic acids is 2. The van der Waals surface area contributed by atoms with E-state index in [1.165, 1.54) is 44.7 Å². The van der Waals surface area contributed by atoms with Crippen molar-refractivity contribution in [2.75, 3.05) is 11.5 Å². The van der Waals surface area contributed by atoms with Gasteiger partial charge >= 0.3 is 0 Å². The highest BCUT2D eigenvalue weighted by molar-refractivity contribution is 8.00. The SMILES string of the molecule is CCOc1cc(C2C(C(=O)c3cccs3)=C(O)C(=O)N2c2nnc(SCc3cccc4ccccc34)s2)ccc1OCc1ccccc1. The number of hydrogen-bond donors (Lipinski definition) is 1. The first-order valence-corrected chi connectivity index (χ1v) is 17.9. The van der Waals surface area contributed by atoms with Gasteiger partial charge in [-0.1, -0.05) is 108 Å². The number of thioether (sulfide) groups is 1. The number of thiophene rings is 1. The van der Waals surface area contributed by atoms with E-state index in [1.807, 2.05) is 55.5 Å². The van der Waals surface area contributed by atoms with E-state index in [-0.39, 0.29) is 10.7 Å². The van der Waals surface area contributed by atoms with Gasteiger partial charge in [-0.15, -0.1) is 21.5 Å². The van der Waals surface area contributed by atoms with E-state index in [9.17, 15) is 14.7 Å². The van der Waals surface area contributed by atoms with Crippen LogP contribution in [-0.4, -0.2) is 33.6 Å². The number of amides is 1. The van der Waals surface area contributed by atoms with Crippen molar-refractivity contribution in [1.82, 2.24) is 10.2 Å². The molecule has 0 fully saturated rings. The lowest BCUT2D eigenvalue weighted by Crippen LogP contribution is -2.31. The Balaban J connectivity index is 1.22. The zero-order valence-corrected chi connectivity index (χ0v) is 28.2. The third-order valence-corrected chi connectivity index (χ3v) is 10.8. The van der Waals surface area contributed by atoms with Crippen LogP contribution in [-0.2, 0) is 17.2 Å². The van der Waals surface area contributed by atoms with Gasteiger partial charge in [-0.2, -0.15) is 0 Å². The quantitative estimate of drug-likeness (QED) is 0.0772. The molecule has 6 aromatic rings. The third kappa shape index (κ3) is 6.32. The molecular formula is C37H29N3O5S3. The molecule has 0 bridgehead atoms. The molecule has 3 heterocycles.